The fourth-order valence-corrected chi connectivity index (χ4v) is 20.6. The molecule has 4 heterocycles. The first-order valence-electron chi connectivity index (χ1n) is 26.2. The molecule has 1 fully saturated rings. The van der Waals surface area contributed by atoms with Crippen LogP contribution < -0.4 is 15.9 Å². The van der Waals surface area contributed by atoms with Crippen LogP contribution in [0.3, 0.4) is 0 Å². The topological polar surface area (TPSA) is 51.6 Å². The van der Waals surface area contributed by atoms with E-state index in [9.17, 15) is 0 Å². The summed E-state index contributed by atoms with van der Waals surface area (Å²) in [6.07, 6.45) is 14.5. The van der Waals surface area contributed by atoms with Crippen molar-refractivity contribution >= 4 is 102 Å². The summed E-state index contributed by atoms with van der Waals surface area (Å²) in [7, 11) is -2.60. The summed E-state index contributed by atoms with van der Waals surface area (Å²) in [5, 5.41) is 7.61. The minimum atomic E-state index is -2.60. The zero-order chi connectivity index (χ0) is 51.4. The summed E-state index contributed by atoms with van der Waals surface area (Å²) in [6.45, 7) is 13.6. The third-order valence-corrected chi connectivity index (χ3v) is 23.1. The van der Waals surface area contributed by atoms with Gasteiger partial charge in [-0.1, -0.05) is 50.3 Å². The van der Waals surface area contributed by atoms with Crippen LogP contribution in [0.4, 0.5) is 0 Å². The molecular formula is C66H57N4OsPS3+. The molecule has 6 aromatic carbocycles. The quantitative estimate of drug-likeness (QED) is 0.108. The number of fused-ring (bicyclic) bond motifs is 5. The van der Waals surface area contributed by atoms with E-state index in [4.69, 9.17) is 18.7 Å². The van der Waals surface area contributed by atoms with E-state index >= 15 is 0 Å². The molecule has 0 amide bonds. The predicted molar refractivity (Wildman–Crippen MR) is 323 cm³/mol. The molecule has 1 saturated carbocycles. The van der Waals surface area contributed by atoms with E-state index in [0.717, 1.165) is 97.6 Å². The summed E-state index contributed by atoms with van der Waals surface area (Å²) in [4.78, 5) is 16.6. The molecule has 9 heteroatoms. The second kappa shape index (κ2) is 20.8. The first-order valence-corrected chi connectivity index (χ1v) is 31.6. The molecule has 0 unspecified atom stereocenters. The van der Waals surface area contributed by atoms with E-state index in [-0.39, 0.29) is 0 Å². The van der Waals surface area contributed by atoms with Gasteiger partial charge < -0.3 is 0 Å². The summed E-state index contributed by atoms with van der Waals surface area (Å²) in [5.41, 5.74) is 16.5. The summed E-state index contributed by atoms with van der Waals surface area (Å²) >= 11 is 6.89. The molecule has 4 nitrogen and oxygen atoms in total. The minimum absolute atomic E-state index is 0.391. The number of allylic oxidation sites excluding steroid dienone is 7. The van der Waals surface area contributed by atoms with Crippen molar-refractivity contribution in [1.82, 2.24) is 18.7 Å². The van der Waals surface area contributed by atoms with Crippen LogP contribution in [-0.2, 0) is 30.8 Å². The van der Waals surface area contributed by atoms with Crippen molar-refractivity contribution in [2.24, 2.45) is 11.8 Å². The SMILES string of the molecule is CC=C1CCCC1=CC(=C([C]#[Os])[P+](c1ccccc1)(c1ccccc1)c1ccccc1)c1sc(-c2c3nsnc3c(-c3cc(CC(C)C)c(/C=C/C)s3)c3nc4c(nc23)-c2cccc3cccc-4c23)cc1CC(C)C. The van der Waals surface area contributed by atoms with Gasteiger partial charge in [-0.15, -0.1) is 0 Å². The van der Waals surface area contributed by atoms with Crippen LogP contribution in [0.2, 0.25) is 0 Å². The van der Waals surface area contributed by atoms with Gasteiger partial charge in [-0.05, 0) is 36.3 Å². The molecule has 0 bridgehead atoms. The van der Waals surface area contributed by atoms with Gasteiger partial charge in [-0.3, -0.25) is 0 Å². The zero-order valence-corrected chi connectivity index (χ0v) is 49.0. The van der Waals surface area contributed by atoms with E-state index in [0.29, 0.717) is 11.8 Å². The maximum atomic E-state index is 5.89. The molecule has 0 atom stereocenters. The molecule has 2 aliphatic rings. The maximum absolute atomic E-state index is 5.89. The van der Waals surface area contributed by atoms with Gasteiger partial charge in [0.2, 0.25) is 0 Å². The number of aromatic nitrogens is 4. The number of thiophene rings is 2. The van der Waals surface area contributed by atoms with Crippen molar-refractivity contribution in [3.8, 4) is 47.8 Å². The van der Waals surface area contributed by atoms with Crippen LogP contribution >= 0.6 is 41.7 Å². The van der Waals surface area contributed by atoms with Gasteiger partial charge in [0.1, 0.15) is 0 Å². The molecule has 0 saturated heterocycles. The molecule has 371 valence electrons. The monoisotopic (exact) mass is 1220 g/mol. The van der Waals surface area contributed by atoms with Crippen LogP contribution in [0.1, 0.15) is 81.7 Å². The fourth-order valence-electron chi connectivity index (χ4n) is 11.7. The normalized spacial score (nSPS) is 14.9. The Bertz CT molecular complexity index is 3920. The summed E-state index contributed by atoms with van der Waals surface area (Å²) < 4.78 is 14.6. The first kappa shape index (κ1) is 49.8. The van der Waals surface area contributed by atoms with Crippen LogP contribution in [-0.4, -0.2) is 18.7 Å². The van der Waals surface area contributed by atoms with Crippen molar-refractivity contribution in [3.63, 3.8) is 0 Å². The van der Waals surface area contributed by atoms with E-state index in [1.165, 1.54) is 81.3 Å². The summed E-state index contributed by atoms with van der Waals surface area (Å²) in [5.74, 6) is 0.894. The van der Waals surface area contributed by atoms with Crippen LogP contribution in [0, 0.1) is 16.2 Å². The predicted octanol–water partition coefficient (Wildman–Crippen LogP) is 17.6. The number of rotatable bonds is 13. The van der Waals surface area contributed by atoms with Gasteiger partial charge in [0, 0.05) is 4.88 Å². The second-order valence-electron chi connectivity index (χ2n) is 20.6. The number of nitrogens with zero attached hydrogens (tertiary/aromatic N) is 4. The fraction of sp³-hybridized carbons (Fsp3) is 0.197. The van der Waals surface area contributed by atoms with Gasteiger partial charge in [0.25, 0.3) is 0 Å². The summed E-state index contributed by atoms with van der Waals surface area (Å²) in [6, 6.07) is 51.9. The second-order valence-corrected chi connectivity index (χ2v) is 27.2. The van der Waals surface area contributed by atoms with E-state index in [1.807, 2.05) is 40.6 Å². The third-order valence-electron chi connectivity index (χ3n) is 14.8. The Hall–Kier alpha value is -6.05. The zero-order valence-electron chi connectivity index (χ0n) is 43.1. The number of benzene rings is 6. The van der Waals surface area contributed by atoms with Crippen LogP contribution in [0.25, 0.3) is 87.9 Å². The van der Waals surface area contributed by atoms with Crippen molar-refractivity contribution in [2.75, 3.05) is 0 Å². The van der Waals surface area contributed by atoms with E-state index in [2.05, 4.69) is 210 Å². The average molecular weight is 1220 g/mol. The molecule has 75 heavy (non-hydrogen) atoms. The molecule has 0 N–H and O–H groups in total. The standard InChI is InChI=1S/C66H57N4PS3.Os/c1-8-22-54-46(35-40(3)4)38-55(72-54)58-62-63(68-61-52-34-21-25-44-24-20-33-51(57(44)52)60(61)67-62)59(65-64(58)69-74-70-65)56-39-47(36-41(5)6)66(73-56)53(37-45-26-19-23-43(45)9-2)42(7)71(48-27-13-10-14-28-48,49-29-15-11-16-30-49)50-31-17-12-18-32-50;/h8-18,20-22,24-25,27-34,37-41H,19,23,26,35-36H2,1-6H3;/q+1;/b22-8+,43-9?,45-37?,53-42?;. The molecule has 0 aliphatic heterocycles. The van der Waals surface area contributed by atoms with Gasteiger partial charge in [0.15, 0.2) is 0 Å². The van der Waals surface area contributed by atoms with Crippen LogP contribution in [0.5, 0.6) is 0 Å². The molecule has 0 radical (unpaired) electrons. The van der Waals surface area contributed by atoms with Crippen molar-refractivity contribution in [2.45, 2.75) is 73.6 Å². The van der Waals surface area contributed by atoms with Gasteiger partial charge in [-0.2, -0.15) is 0 Å². The molecule has 4 aromatic heterocycles. The molecule has 0 spiro atoms. The molecule has 10 aromatic rings. The first-order chi connectivity index (χ1) is 36.7. The van der Waals surface area contributed by atoms with Crippen LogP contribution in [0.15, 0.2) is 174 Å². The van der Waals surface area contributed by atoms with Crippen molar-refractivity contribution in [1.29, 1.82) is 0 Å². The number of hydrogen-bond donors (Lipinski definition) is 0. The third kappa shape index (κ3) is 8.64. The Morgan fingerprint density at radius 3 is 1.67 bits per heavy atom. The van der Waals surface area contributed by atoms with Gasteiger partial charge in [-0.25, -0.2) is 0 Å². The van der Waals surface area contributed by atoms with Gasteiger partial charge >= 0.3 is 376 Å². The van der Waals surface area contributed by atoms with Crippen molar-refractivity contribution < 1.29 is 17.9 Å². The molecular weight excluding hydrogens is 1170 g/mol. The van der Waals surface area contributed by atoms with E-state index < -0.39 is 7.26 Å². The molecule has 12 rings (SSSR count). The molecule has 2 aliphatic carbocycles. The Kier molecular flexibility index (Phi) is 13.8. The Balaban J connectivity index is 1.21. The average Bonchev–Trinajstić information content (AvgIpc) is 4.31. The number of hydrogen-bond acceptors (Lipinski definition) is 7. The Labute approximate surface area is 463 Å². The Morgan fingerprint density at radius 2 is 1.15 bits per heavy atom. The Morgan fingerprint density at radius 1 is 0.627 bits per heavy atom. The van der Waals surface area contributed by atoms with Crippen molar-refractivity contribution in [3.05, 3.63) is 195 Å². The van der Waals surface area contributed by atoms with Gasteiger partial charge in [0.05, 0.1) is 0 Å². The van der Waals surface area contributed by atoms with E-state index in [1.54, 1.807) is 0 Å².